The molecule has 0 spiro atoms. The first kappa shape index (κ1) is 13.8. The molecular weight excluding hydrogens is 340 g/mol. The van der Waals surface area contributed by atoms with Crippen LogP contribution in [0.2, 0.25) is 5.02 Å². The molecule has 4 nitrogen and oxygen atoms in total. The van der Waals surface area contributed by atoms with Gasteiger partial charge in [0.05, 0.1) is 14.4 Å². The molecule has 0 amide bonds. The van der Waals surface area contributed by atoms with Crippen LogP contribution in [-0.4, -0.2) is 4.92 Å². The molecule has 2 aromatic carbocycles. The number of benzene rings is 2. The number of rotatable bonds is 3. The van der Waals surface area contributed by atoms with Crippen molar-refractivity contribution in [2.45, 2.75) is 0 Å². The number of ether oxygens (including phenoxy) is 1. The molecule has 7 heteroatoms. The Bertz CT molecular complexity index is 651. The second-order valence-electron chi connectivity index (χ2n) is 3.55. The van der Waals surface area contributed by atoms with Gasteiger partial charge in [-0.25, -0.2) is 4.39 Å². The summed E-state index contributed by atoms with van der Waals surface area (Å²) in [6.07, 6.45) is 0. The van der Waals surface area contributed by atoms with Crippen LogP contribution in [0.5, 0.6) is 11.5 Å². The Kier molecular flexibility index (Phi) is 4.01. The topological polar surface area (TPSA) is 52.4 Å². The van der Waals surface area contributed by atoms with Gasteiger partial charge in [0.15, 0.2) is 0 Å². The lowest BCUT2D eigenvalue weighted by atomic mass is 10.3. The molecule has 0 heterocycles. The number of halogens is 3. The van der Waals surface area contributed by atoms with Crippen molar-refractivity contribution >= 4 is 33.2 Å². The summed E-state index contributed by atoms with van der Waals surface area (Å²) >= 11 is 9.04. The van der Waals surface area contributed by atoms with E-state index in [1.165, 1.54) is 36.4 Å². The molecule has 0 saturated heterocycles. The molecule has 0 aliphatic carbocycles. The van der Waals surface area contributed by atoms with Gasteiger partial charge in [-0.1, -0.05) is 11.6 Å². The van der Waals surface area contributed by atoms with Gasteiger partial charge in [-0.15, -0.1) is 0 Å². The van der Waals surface area contributed by atoms with Crippen LogP contribution < -0.4 is 4.74 Å². The smallest absolute Gasteiger partial charge is 0.271 e. The van der Waals surface area contributed by atoms with E-state index < -0.39 is 10.7 Å². The minimum atomic E-state index is -0.552. The minimum Gasteiger partial charge on any atom is -0.455 e. The van der Waals surface area contributed by atoms with Gasteiger partial charge in [-0.2, -0.15) is 0 Å². The number of nitro benzene ring substituents is 1. The van der Waals surface area contributed by atoms with Crippen LogP contribution in [0.3, 0.4) is 0 Å². The minimum absolute atomic E-state index is 0.102. The molecule has 0 fully saturated rings. The van der Waals surface area contributed by atoms with E-state index in [0.717, 1.165) is 0 Å². The number of hydrogen-bond acceptors (Lipinski definition) is 3. The molecule has 0 bridgehead atoms. The summed E-state index contributed by atoms with van der Waals surface area (Å²) in [4.78, 5) is 10.0. The predicted molar refractivity (Wildman–Crippen MR) is 72.3 cm³/mol. The highest BCUT2D eigenvalue weighted by Gasteiger charge is 2.12. The zero-order valence-electron chi connectivity index (χ0n) is 9.27. The number of hydrogen-bond donors (Lipinski definition) is 0. The van der Waals surface area contributed by atoms with E-state index in [0.29, 0.717) is 10.2 Å². The fourth-order valence-corrected chi connectivity index (χ4v) is 2.01. The first-order chi connectivity index (χ1) is 8.97. The van der Waals surface area contributed by atoms with E-state index in [2.05, 4.69) is 15.9 Å². The van der Waals surface area contributed by atoms with Crippen molar-refractivity contribution in [2.75, 3.05) is 0 Å². The van der Waals surface area contributed by atoms with Gasteiger partial charge in [-0.05, 0) is 40.2 Å². The van der Waals surface area contributed by atoms with Gasteiger partial charge in [0.25, 0.3) is 5.69 Å². The monoisotopic (exact) mass is 345 g/mol. The van der Waals surface area contributed by atoms with E-state index >= 15 is 0 Å². The van der Waals surface area contributed by atoms with Crippen LogP contribution >= 0.6 is 27.5 Å². The van der Waals surface area contributed by atoms with Crippen molar-refractivity contribution in [1.29, 1.82) is 0 Å². The Labute approximate surface area is 121 Å². The second kappa shape index (κ2) is 5.54. The molecular formula is C12H6BrClFNO3. The van der Waals surface area contributed by atoms with Crippen LogP contribution in [0.4, 0.5) is 10.1 Å². The lowest BCUT2D eigenvalue weighted by Crippen LogP contribution is -1.91. The lowest BCUT2D eigenvalue weighted by Gasteiger charge is -2.09. The molecule has 2 aromatic rings. The molecule has 0 atom stereocenters. The molecule has 2 rings (SSSR count). The predicted octanol–water partition coefficient (Wildman–Crippen LogP) is 4.94. The highest BCUT2D eigenvalue weighted by molar-refractivity contribution is 9.10. The Morgan fingerprint density at radius 3 is 2.47 bits per heavy atom. The molecule has 0 aliphatic heterocycles. The van der Waals surface area contributed by atoms with Crippen molar-refractivity contribution in [2.24, 2.45) is 0 Å². The standard InChI is InChI=1S/C12H6BrClFNO3/c13-9-5-7(15)1-3-11(9)19-12-4-2-8(16(17)18)6-10(12)14/h1-6H. The summed E-state index contributed by atoms with van der Waals surface area (Å²) in [6, 6.07) is 7.76. The lowest BCUT2D eigenvalue weighted by molar-refractivity contribution is -0.384. The molecule has 98 valence electrons. The summed E-state index contributed by atoms with van der Waals surface area (Å²) < 4.78 is 18.8. The van der Waals surface area contributed by atoms with Crippen molar-refractivity contribution in [3.8, 4) is 11.5 Å². The molecule has 0 saturated carbocycles. The zero-order valence-corrected chi connectivity index (χ0v) is 11.6. The largest absolute Gasteiger partial charge is 0.455 e. The molecule has 0 radical (unpaired) electrons. The second-order valence-corrected chi connectivity index (χ2v) is 4.81. The summed E-state index contributed by atoms with van der Waals surface area (Å²) in [6.45, 7) is 0. The van der Waals surface area contributed by atoms with Crippen molar-refractivity contribution < 1.29 is 14.1 Å². The molecule has 0 aliphatic rings. The maximum absolute atomic E-state index is 12.9. The average molecular weight is 347 g/mol. The Morgan fingerprint density at radius 1 is 1.21 bits per heavy atom. The van der Waals surface area contributed by atoms with Crippen LogP contribution in [0.15, 0.2) is 40.9 Å². The fraction of sp³-hybridized carbons (Fsp3) is 0. The third kappa shape index (κ3) is 3.21. The molecule has 19 heavy (non-hydrogen) atoms. The molecule has 0 unspecified atom stereocenters. The Hall–Kier alpha value is -1.66. The van der Waals surface area contributed by atoms with Gasteiger partial charge in [-0.3, -0.25) is 10.1 Å². The van der Waals surface area contributed by atoms with Crippen molar-refractivity contribution in [3.63, 3.8) is 0 Å². The van der Waals surface area contributed by atoms with Gasteiger partial charge in [0.1, 0.15) is 17.3 Å². The SMILES string of the molecule is O=[N+]([O-])c1ccc(Oc2ccc(F)cc2Br)c(Cl)c1. The average Bonchev–Trinajstić information content (AvgIpc) is 2.34. The maximum atomic E-state index is 12.9. The number of nitrogens with zero attached hydrogens (tertiary/aromatic N) is 1. The third-order valence-electron chi connectivity index (χ3n) is 2.24. The van der Waals surface area contributed by atoms with Gasteiger partial charge in [0.2, 0.25) is 0 Å². The van der Waals surface area contributed by atoms with Crippen LogP contribution in [0, 0.1) is 15.9 Å². The third-order valence-corrected chi connectivity index (χ3v) is 3.16. The number of nitro groups is 1. The summed E-state index contributed by atoms with van der Waals surface area (Å²) in [7, 11) is 0. The van der Waals surface area contributed by atoms with Gasteiger partial charge in [0, 0.05) is 12.1 Å². The van der Waals surface area contributed by atoms with E-state index in [1.54, 1.807) is 0 Å². The van der Waals surface area contributed by atoms with Crippen LogP contribution in [-0.2, 0) is 0 Å². The van der Waals surface area contributed by atoms with Crippen LogP contribution in [0.1, 0.15) is 0 Å². The van der Waals surface area contributed by atoms with E-state index in [-0.39, 0.29) is 16.5 Å². The van der Waals surface area contributed by atoms with E-state index in [1.807, 2.05) is 0 Å². The highest BCUT2D eigenvalue weighted by atomic mass is 79.9. The fourth-order valence-electron chi connectivity index (χ4n) is 1.36. The zero-order chi connectivity index (χ0) is 14.0. The Balaban J connectivity index is 2.31. The van der Waals surface area contributed by atoms with Gasteiger partial charge < -0.3 is 4.74 Å². The van der Waals surface area contributed by atoms with E-state index in [4.69, 9.17) is 16.3 Å². The van der Waals surface area contributed by atoms with Crippen molar-refractivity contribution in [3.05, 3.63) is 61.8 Å². The first-order valence-corrected chi connectivity index (χ1v) is 6.21. The summed E-state index contributed by atoms with van der Waals surface area (Å²) in [5.74, 6) is 0.200. The summed E-state index contributed by atoms with van der Waals surface area (Å²) in [5.41, 5.74) is -0.129. The van der Waals surface area contributed by atoms with Gasteiger partial charge >= 0.3 is 0 Å². The normalized spacial score (nSPS) is 10.3. The highest BCUT2D eigenvalue weighted by Crippen LogP contribution is 2.35. The van der Waals surface area contributed by atoms with Crippen molar-refractivity contribution in [1.82, 2.24) is 0 Å². The molecule has 0 N–H and O–H groups in total. The Morgan fingerprint density at radius 2 is 1.89 bits per heavy atom. The summed E-state index contributed by atoms with van der Waals surface area (Å²) in [5, 5.41) is 10.7. The molecule has 0 aromatic heterocycles. The number of non-ortho nitro benzene ring substituents is 1. The van der Waals surface area contributed by atoms with Crippen LogP contribution in [0.25, 0.3) is 0 Å². The first-order valence-electron chi connectivity index (χ1n) is 5.04. The van der Waals surface area contributed by atoms with E-state index in [9.17, 15) is 14.5 Å². The maximum Gasteiger partial charge on any atom is 0.271 e. The quantitative estimate of drug-likeness (QED) is 0.584.